The molecule has 0 radical (unpaired) electrons. The van der Waals surface area contributed by atoms with Crippen molar-refractivity contribution < 1.29 is 5.11 Å². The molecule has 116 valence electrons. The lowest BCUT2D eigenvalue weighted by atomic mass is 10.0. The van der Waals surface area contributed by atoms with Gasteiger partial charge in [-0.25, -0.2) is 4.98 Å². The van der Waals surface area contributed by atoms with Gasteiger partial charge in [0.05, 0.1) is 0 Å². The van der Waals surface area contributed by atoms with E-state index in [1.54, 1.807) is 0 Å². The summed E-state index contributed by atoms with van der Waals surface area (Å²) in [7, 11) is 0. The Morgan fingerprint density at radius 3 is 2.22 bits per heavy atom. The lowest BCUT2D eigenvalue weighted by Gasteiger charge is -2.15. The topological polar surface area (TPSA) is 45.2 Å². The molecule has 3 heteroatoms. The molecule has 1 atom stereocenters. The summed E-state index contributed by atoms with van der Waals surface area (Å²) in [5.41, 5.74) is 3.75. The lowest BCUT2D eigenvalue weighted by Crippen LogP contribution is -2.06. The van der Waals surface area contributed by atoms with Crippen LogP contribution in [0.2, 0.25) is 0 Å². The summed E-state index contributed by atoms with van der Waals surface area (Å²) in [6, 6.07) is 23.7. The zero-order valence-electron chi connectivity index (χ0n) is 13.1. The molecule has 0 aliphatic rings. The molecule has 0 spiro atoms. The first-order valence-electron chi connectivity index (χ1n) is 7.72. The fourth-order valence-electron chi connectivity index (χ4n) is 2.56. The van der Waals surface area contributed by atoms with Crippen molar-refractivity contribution >= 4 is 5.82 Å². The number of anilines is 1. The number of pyridine rings is 1. The van der Waals surface area contributed by atoms with E-state index >= 15 is 0 Å². The zero-order chi connectivity index (χ0) is 16.1. The molecule has 3 rings (SSSR count). The van der Waals surface area contributed by atoms with Gasteiger partial charge in [-0.3, -0.25) is 0 Å². The van der Waals surface area contributed by atoms with E-state index in [1.165, 1.54) is 5.56 Å². The minimum absolute atomic E-state index is 0.646. The maximum Gasteiger partial charge on any atom is 0.126 e. The third-order valence-electron chi connectivity index (χ3n) is 3.85. The van der Waals surface area contributed by atoms with Gasteiger partial charge in [-0.05, 0) is 24.1 Å². The third-order valence-corrected chi connectivity index (χ3v) is 3.85. The summed E-state index contributed by atoms with van der Waals surface area (Å²) < 4.78 is 0. The average Bonchev–Trinajstić information content (AvgIpc) is 2.61. The van der Waals surface area contributed by atoms with E-state index in [4.69, 9.17) is 0 Å². The van der Waals surface area contributed by atoms with Gasteiger partial charge in [0.2, 0.25) is 0 Å². The first-order chi connectivity index (χ1) is 11.2. The van der Waals surface area contributed by atoms with Crippen LogP contribution in [0.25, 0.3) is 0 Å². The van der Waals surface area contributed by atoms with Crippen molar-refractivity contribution in [2.45, 2.75) is 19.6 Å². The van der Waals surface area contributed by atoms with Crippen molar-refractivity contribution in [3.8, 4) is 0 Å². The van der Waals surface area contributed by atoms with Gasteiger partial charge in [0.15, 0.2) is 0 Å². The summed E-state index contributed by atoms with van der Waals surface area (Å²) >= 11 is 0. The molecule has 0 saturated heterocycles. The van der Waals surface area contributed by atoms with E-state index in [1.807, 2.05) is 67.6 Å². The molecule has 0 bridgehead atoms. The number of aromatic nitrogens is 1. The third kappa shape index (κ3) is 3.76. The normalized spacial score (nSPS) is 11.9. The highest BCUT2D eigenvalue weighted by Crippen LogP contribution is 2.24. The van der Waals surface area contributed by atoms with Gasteiger partial charge < -0.3 is 10.4 Å². The first-order valence-corrected chi connectivity index (χ1v) is 7.72. The fourth-order valence-corrected chi connectivity index (χ4v) is 2.56. The van der Waals surface area contributed by atoms with Crippen LogP contribution < -0.4 is 5.32 Å². The molecule has 2 N–H and O–H groups in total. The molecule has 3 aromatic rings. The van der Waals surface area contributed by atoms with Crippen LogP contribution in [0.1, 0.15) is 28.5 Å². The largest absolute Gasteiger partial charge is 0.384 e. The Hall–Kier alpha value is -2.65. The van der Waals surface area contributed by atoms with Gasteiger partial charge in [0.1, 0.15) is 11.9 Å². The number of aliphatic hydroxyl groups is 1. The molecule has 2 aromatic carbocycles. The Bertz CT molecular complexity index is 757. The van der Waals surface area contributed by atoms with Gasteiger partial charge in [0.25, 0.3) is 0 Å². The second kappa shape index (κ2) is 7.07. The Balaban J connectivity index is 1.73. The molecule has 1 aromatic heterocycles. The van der Waals surface area contributed by atoms with Gasteiger partial charge in [-0.15, -0.1) is 0 Å². The van der Waals surface area contributed by atoms with Crippen molar-refractivity contribution in [2.24, 2.45) is 0 Å². The number of hydrogen-bond acceptors (Lipinski definition) is 3. The van der Waals surface area contributed by atoms with E-state index in [0.717, 1.165) is 29.2 Å². The molecular formula is C20H20N2O. The summed E-state index contributed by atoms with van der Waals surface area (Å²) in [4.78, 5) is 4.56. The fraction of sp³-hybridized carbons (Fsp3) is 0.150. The highest BCUT2D eigenvalue weighted by Gasteiger charge is 2.13. The minimum atomic E-state index is -0.646. The van der Waals surface area contributed by atoms with Crippen LogP contribution in [-0.4, -0.2) is 10.1 Å². The molecule has 0 aliphatic carbocycles. The number of benzene rings is 2. The van der Waals surface area contributed by atoms with E-state index in [0.29, 0.717) is 0 Å². The smallest absolute Gasteiger partial charge is 0.126 e. The first kappa shape index (κ1) is 15.3. The van der Waals surface area contributed by atoms with Crippen molar-refractivity contribution in [3.63, 3.8) is 0 Å². The van der Waals surface area contributed by atoms with E-state index in [-0.39, 0.29) is 0 Å². The van der Waals surface area contributed by atoms with Gasteiger partial charge >= 0.3 is 0 Å². The molecule has 1 heterocycles. The van der Waals surface area contributed by atoms with Crippen LogP contribution in [0.3, 0.4) is 0 Å². The molecule has 0 unspecified atom stereocenters. The van der Waals surface area contributed by atoms with Gasteiger partial charge in [-0.1, -0.05) is 66.7 Å². The van der Waals surface area contributed by atoms with Crippen LogP contribution in [0, 0.1) is 6.92 Å². The van der Waals surface area contributed by atoms with Crippen LogP contribution in [-0.2, 0) is 6.54 Å². The van der Waals surface area contributed by atoms with Crippen LogP contribution in [0.15, 0.2) is 72.8 Å². The number of hydrogen-bond donors (Lipinski definition) is 2. The maximum atomic E-state index is 10.5. The summed E-state index contributed by atoms with van der Waals surface area (Å²) in [6.07, 6.45) is -0.646. The van der Waals surface area contributed by atoms with Crippen LogP contribution in [0.4, 0.5) is 5.82 Å². The van der Waals surface area contributed by atoms with Crippen molar-refractivity contribution in [1.29, 1.82) is 0 Å². The quantitative estimate of drug-likeness (QED) is 0.746. The van der Waals surface area contributed by atoms with Crippen molar-refractivity contribution in [1.82, 2.24) is 4.98 Å². The highest BCUT2D eigenvalue weighted by atomic mass is 16.3. The maximum absolute atomic E-state index is 10.5. The number of nitrogens with zero attached hydrogens (tertiary/aromatic N) is 1. The Labute approximate surface area is 136 Å². The van der Waals surface area contributed by atoms with Gasteiger partial charge in [-0.2, -0.15) is 0 Å². The van der Waals surface area contributed by atoms with Crippen molar-refractivity contribution in [2.75, 3.05) is 5.32 Å². The number of nitrogens with one attached hydrogen (secondary N) is 1. The second-order valence-electron chi connectivity index (χ2n) is 5.52. The SMILES string of the molecule is Cc1nc(NCc2ccccc2)ccc1[C@H](O)c1ccccc1. The van der Waals surface area contributed by atoms with Gasteiger partial charge in [0, 0.05) is 17.8 Å². The average molecular weight is 304 g/mol. The predicted molar refractivity (Wildman–Crippen MR) is 93.2 cm³/mol. The van der Waals surface area contributed by atoms with E-state index in [2.05, 4.69) is 22.4 Å². The van der Waals surface area contributed by atoms with E-state index in [9.17, 15) is 5.11 Å². The molecular weight excluding hydrogens is 284 g/mol. The highest BCUT2D eigenvalue weighted by molar-refractivity contribution is 5.42. The van der Waals surface area contributed by atoms with E-state index < -0.39 is 6.10 Å². The lowest BCUT2D eigenvalue weighted by molar-refractivity contribution is 0.219. The molecule has 0 amide bonds. The Morgan fingerprint density at radius 2 is 1.57 bits per heavy atom. The number of rotatable bonds is 5. The number of aliphatic hydroxyl groups excluding tert-OH is 1. The monoisotopic (exact) mass is 304 g/mol. The molecule has 3 nitrogen and oxygen atoms in total. The van der Waals surface area contributed by atoms with Crippen LogP contribution >= 0.6 is 0 Å². The summed E-state index contributed by atoms with van der Waals surface area (Å²) in [6.45, 7) is 2.66. The Morgan fingerprint density at radius 1 is 0.913 bits per heavy atom. The predicted octanol–water partition coefficient (Wildman–Crippen LogP) is 4.08. The second-order valence-corrected chi connectivity index (χ2v) is 5.52. The molecule has 23 heavy (non-hydrogen) atoms. The van der Waals surface area contributed by atoms with Crippen LogP contribution in [0.5, 0.6) is 0 Å². The minimum Gasteiger partial charge on any atom is -0.384 e. The number of aryl methyl sites for hydroxylation is 1. The summed E-state index contributed by atoms with van der Waals surface area (Å²) in [5, 5.41) is 13.8. The molecule has 0 aliphatic heterocycles. The summed E-state index contributed by atoms with van der Waals surface area (Å²) in [5.74, 6) is 0.815. The zero-order valence-corrected chi connectivity index (χ0v) is 13.1. The standard InChI is InChI=1S/C20H20N2O/c1-15-18(20(23)17-10-6-3-7-11-17)12-13-19(22-15)21-14-16-8-4-2-5-9-16/h2-13,20,23H,14H2,1H3,(H,21,22)/t20-/m1/s1. The molecule has 0 saturated carbocycles. The molecule has 0 fully saturated rings. The van der Waals surface area contributed by atoms with Crippen molar-refractivity contribution in [3.05, 3.63) is 95.2 Å². The Kier molecular flexibility index (Phi) is 4.69.